The molecule has 7 unspecified atom stereocenters. The topological polar surface area (TPSA) is 149 Å². The Morgan fingerprint density at radius 1 is 0.425 bits per heavy atom. The minimum atomic E-state index is -1.55. The highest BCUT2D eigenvalue weighted by atomic mass is 16.7. The van der Waals surface area contributed by atoms with E-state index in [9.17, 15) is 30.3 Å². The fraction of sp³-hybridized carbons (Fsp3) is 0.901. The van der Waals surface area contributed by atoms with Crippen LogP contribution in [0.3, 0.4) is 0 Å². The van der Waals surface area contributed by atoms with E-state index in [1.54, 1.807) is 0 Å². The Morgan fingerprint density at radius 2 is 0.738 bits per heavy atom. The van der Waals surface area contributed by atoms with Crippen molar-refractivity contribution in [1.29, 1.82) is 0 Å². The lowest BCUT2D eigenvalue weighted by Crippen LogP contribution is -2.60. The van der Waals surface area contributed by atoms with Gasteiger partial charge in [0.2, 0.25) is 5.91 Å². The molecule has 80 heavy (non-hydrogen) atoms. The minimum Gasteiger partial charge on any atom is -0.394 e. The summed E-state index contributed by atoms with van der Waals surface area (Å²) in [5.41, 5.74) is 0. The summed E-state index contributed by atoms with van der Waals surface area (Å²) in [6.45, 7) is 3.88. The number of unbranched alkanes of at least 4 members (excludes halogenated alkanes) is 46. The Kier molecular flexibility index (Phi) is 57.8. The van der Waals surface area contributed by atoms with Crippen molar-refractivity contribution in [2.45, 2.75) is 397 Å². The van der Waals surface area contributed by atoms with Crippen molar-refractivity contribution in [3.63, 3.8) is 0 Å². The van der Waals surface area contributed by atoms with Crippen LogP contribution in [0, 0.1) is 0 Å². The van der Waals surface area contributed by atoms with Gasteiger partial charge in [-0.2, -0.15) is 0 Å². The molecule has 0 aromatic heterocycles. The summed E-state index contributed by atoms with van der Waals surface area (Å²) in [6, 6.07) is -0.719. The van der Waals surface area contributed by atoms with Gasteiger partial charge in [-0.3, -0.25) is 4.79 Å². The van der Waals surface area contributed by atoms with Gasteiger partial charge in [-0.1, -0.05) is 333 Å². The van der Waals surface area contributed by atoms with Crippen LogP contribution in [-0.4, -0.2) is 87.5 Å². The third kappa shape index (κ3) is 48.7. The smallest absolute Gasteiger partial charge is 0.220 e. The van der Waals surface area contributed by atoms with E-state index in [1.165, 1.54) is 276 Å². The van der Waals surface area contributed by atoms with Crippen LogP contribution in [0.25, 0.3) is 0 Å². The number of allylic oxidation sites excluding steroid dienone is 6. The fourth-order valence-electron chi connectivity index (χ4n) is 11.5. The van der Waals surface area contributed by atoms with Gasteiger partial charge in [0.05, 0.1) is 25.4 Å². The van der Waals surface area contributed by atoms with Gasteiger partial charge in [-0.05, 0) is 51.4 Å². The zero-order chi connectivity index (χ0) is 57.9. The van der Waals surface area contributed by atoms with E-state index in [2.05, 4.69) is 55.6 Å². The molecule has 0 aromatic rings. The lowest BCUT2D eigenvalue weighted by atomic mass is 9.99. The predicted octanol–water partition coefficient (Wildman–Crippen LogP) is 19.0. The van der Waals surface area contributed by atoms with E-state index in [4.69, 9.17) is 9.47 Å². The van der Waals surface area contributed by atoms with Gasteiger partial charge in [0.25, 0.3) is 0 Å². The van der Waals surface area contributed by atoms with Crippen LogP contribution < -0.4 is 5.32 Å². The van der Waals surface area contributed by atoms with Crippen molar-refractivity contribution in [3.8, 4) is 0 Å². The summed E-state index contributed by atoms with van der Waals surface area (Å²) < 4.78 is 11.4. The average Bonchev–Trinajstić information content (AvgIpc) is 3.46. The second-order valence-corrected chi connectivity index (χ2v) is 24.7. The van der Waals surface area contributed by atoms with Crippen molar-refractivity contribution in [1.82, 2.24) is 5.32 Å². The molecule has 1 fully saturated rings. The first-order chi connectivity index (χ1) is 39.3. The first-order valence-corrected chi connectivity index (χ1v) is 35.2. The number of hydrogen-bond acceptors (Lipinski definition) is 8. The Hall–Kier alpha value is -1.59. The molecular weight excluding hydrogens is 995 g/mol. The second-order valence-electron chi connectivity index (χ2n) is 24.7. The Labute approximate surface area is 495 Å². The molecule has 1 rings (SSSR count). The van der Waals surface area contributed by atoms with Gasteiger partial charge >= 0.3 is 0 Å². The van der Waals surface area contributed by atoms with Gasteiger partial charge in [0.15, 0.2) is 6.29 Å². The summed E-state index contributed by atoms with van der Waals surface area (Å²) in [4.78, 5) is 13.2. The molecule has 1 amide bonds. The highest BCUT2D eigenvalue weighted by Crippen LogP contribution is 2.24. The zero-order valence-electron chi connectivity index (χ0n) is 52.9. The van der Waals surface area contributed by atoms with Crippen molar-refractivity contribution in [2.75, 3.05) is 13.2 Å². The molecule has 1 aliphatic heterocycles. The summed E-state index contributed by atoms with van der Waals surface area (Å²) in [5, 5.41) is 54.9. The van der Waals surface area contributed by atoms with Crippen LogP contribution in [0.4, 0.5) is 0 Å². The lowest BCUT2D eigenvalue weighted by molar-refractivity contribution is -0.302. The maximum Gasteiger partial charge on any atom is 0.220 e. The third-order valence-corrected chi connectivity index (χ3v) is 17.0. The Morgan fingerprint density at radius 3 is 1.09 bits per heavy atom. The summed E-state index contributed by atoms with van der Waals surface area (Å²) in [5.74, 6) is -0.137. The molecule has 0 bridgehead atoms. The van der Waals surface area contributed by atoms with Gasteiger partial charge in [0, 0.05) is 6.42 Å². The van der Waals surface area contributed by atoms with E-state index in [0.29, 0.717) is 12.8 Å². The maximum atomic E-state index is 13.2. The fourth-order valence-corrected chi connectivity index (χ4v) is 11.5. The third-order valence-electron chi connectivity index (χ3n) is 17.0. The zero-order valence-corrected chi connectivity index (χ0v) is 52.9. The van der Waals surface area contributed by atoms with Crippen LogP contribution in [0.5, 0.6) is 0 Å². The van der Waals surface area contributed by atoms with E-state index >= 15 is 0 Å². The van der Waals surface area contributed by atoms with Crippen LogP contribution in [0.15, 0.2) is 36.5 Å². The quantitative estimate of drug-likeness (QED) is 0.0261. The molecule has 6 N–H and O–H groups in total. The number of aliphatic hydroxyl groups is 5. The maximum absolute atomic E-state index is 13.2. The largest absolute Gasteiger partial charge is 0.394 e. The number of carbonyl (C=O) groups is 1. The van der Waals surface area contributed by atoms with Gasteiger partial charge < -0.3 is 40.3 Å². The molecular formula is C71H135NO8. The van der Waals surface area contributed by atoms with Crippen LogP contribution in [0.2, 0.25) is 0 Å². The van der Waals surface area contributed by atoms with E-state index in [1.807, 2.05) is 0 Å². The van der Waals surface area contributed by atoms with Crippen molar-refractivity contribution in [2.24, 2.45) is 0 Å². The molecule has 1 aliphatic rings. The van der Waals surface area contributed by atoms with E-state index in [0.717, 1.165) is 51.4 Å². The van der Waals surface area contributed by atoms with Gasteiger partial charge in [-0.15, -0.1) is 0 Å². The summed E-state index contributed by atoms with van der Waals surface area (Å²) in [6.07, 6.45) is 73.5. The summed E-state index contributed by atoms with van der Waals surface area (Å²) >= 11 is 0. The molecule has 0 aromatic carbocycles. The molecule has 0 radical (unpaired) electrons. The molecule has 9 heteroatoms. The standard InChI is InChI=1S/C71H135NO8/c1-3-5-7-9-11-13-15-17-19-21-23-25-27-29-30-31-32-33-34-35-36-37-39-41-43-45-47-49-51-53-55-57-59-61-67(75)72-64(63-79-71-70(78)69(77)68(76)66(62-73)80-71)65(74)60-58-56-54-52-50-48-46-44-42-40-38-28-26-24-22-20-18-16-14-12-10-8-6-4-2/h15,17,21,23,27,29,64-66,68-71,73-74,76-78H,3-14,16,18-20,22,24-26,28,30-63H2,1-2H3,(H,72,75)/b17-15-,23-21-,29-27-. The first-order valence-electron chi connectivity index (χ1n) is 35.2. The normalized spacial score (nSPS) is 18.6. The number of hydrogen-bond donors (Lipinski definition) is 6. The van der Waals surface area contributed by atoms with Gasteiger partial charge in [0.1, 0.15) is 24.4 Å². The van der Waals surface area contributed by atoms with E-state index < -0.39 is 49.5 Å². The predicted molar refractivity (Wildman–Crippen MR) is 341 cm³/mol. The highest BCUT2D eigenvalue weighted by molar-refractivity contribution is 5.76. The van der Waals surface area contributed by atoms with Crippen LogP contribution in [-0.2, 0) is 14.3 Å². The van der Waals surface area contributed by atoms with Crippen LogP contribution >= 0.6 is 0 Å². The molecule has 1 saturated heterocycles. The van der Waals surface area contributed by atoms with Crippen LogP contribution in [0.1, 0.15) is 354 Å². The molecule has 9 nitrogen and oxygen atoms in total. The minimum absolute atomic E-state index is 0.134. The second kappa shape index (κ2) is 60.5. The average molecular weight is 1130 g/mol. The molecule has 0 aliphatic carbocycles. The number of nitrogens with one attached hydrogen (secondary N) is 1. The number of ether oxygens (including phenoxy) is 2. The highest BCUT2D eigenvalue weighted by Gasteiger charge is 2.44. The number of amides is 1. The Balaban J connectivity index is 2.10. The van der Waals surface area contributed by atoms with Crippen molar-refractivity contribution < 1.29 is 39.8 Å². The summed E-state index contributed by atoms with van der Waals surface area (Å²) in [7, 11) is 0. The Bertz CT molecular complexity index is 1360. The lowest BCUT2D eigenvalue weighted by Gasteiger charge is -2.40. The number of carbonyl (C=O) groups excluding carboxylic acids is 1. The van der Waals surface area contributed by atoms with Crippen molar-refractivity contribution >= 4 is 5.91 Å². The first kappa shape index (κ1) is 76.4. The molecule has 0 spiro atoms. The van der Waals surface area contributed by atoms with Gasteiger partial charge in [-0.25, -0.2) is 0 Å². The monoisotopic (exact) mass is 1130 g/mol. The van der Waals surface area contributed by atoms with E-state index in [-0.39, 0.29) is 12.5 Å². The van der Waals surface area contributed by atoms with Crippen molar-refractivity contribution in [3.05, 3.63) is 36.5 Å². The molecule has 7 atom stereocenters. The number of rotatable bonds is 62. The molecule has 1 heterocycles. The SMILES string of the molecule is CCCCCCC/C=C\C/C=C\C/C=C\CCCCCCCCCCCCCCCCCCCCC(=O)NC(COC1OC(CO)C(O)C(O)C1O)C(O)CCCCCCCCCCCCCCCCCCCCCCCCCC. The molecule has 472 valence electrons. The molecule has 0 saturated carbocycles. The number of aliphatic hydroxyl groups excluding tert-OH is 5.